The quantitative estimate of drug-likeness (QED) is 0.622. The van der Waals surface area contributed by atoms with E-state index in [9.17, 15) is 4.79 Å². The van der Waals surface area contributed by atoms with Crippen LogP contribution in [0.5, 0.6) is 5.75 Å². The summed E-state index contributed by atoms with van der Waals surface area (Å²) < 4.78 is 5.67. The van der Waals surface area contributed by atoms with Crippen molar-refractivity contribution >= 4 is 28.5 Å². The third kappa shape index (κ3) is 5.36. The van der Waals surface area contributed by atoms with Gasteiger partial charge in [0, 0.05) is 23.2 Å². The Morgan fingerprint density at radius 1 is 1.04 bits per heavy atom. The fraction of sp³-hybridized carbons (Fsp3) is 0.200. The van der Waals surface area contributed by atoms with Gasteiger partial charge in [-0.25, -0.2) is 4.79 Å². The van der Waals surface area contributed by atoms with Crippen molar-refractivity contribution in [1.29, 1.82) is 0 Å². The topological polar surface area (TPSA) is 63.2 Å². The molecule has 0 aliphatic heterocycles. The number of carbonyl (C=O) groups is 1. The molecular weight excluding hydrogens is 350 g/mol. The van der Waals surface area contributed by atoms with Crippen LogP contribution >= 0.6 is 11.6 Å². The van der Waals surface area contributed by atoms with Gasteiger partial charge in [0.05, 0.1) is 12.1 Å². The van der Waals surface area contributed by atoms with Gasteiger partial charge in [-0.15, -0.1) is 0 Å². The minimum absolute atomic E-state index is 0.203. The fourth-order valence-electron chi connectivity index (χ4n) is 2.51. The summed E-state index contributed by atoms with van der Waals surface area (Å²) in [5, 5.41) is 7.33. The molecule has 3 aromatic rings. The number of rotatable bonds is 7. The van der Waals surface area contributed by atoms with Gasteiger partial charge in [-0.3, -0.25) is 4.98 Å². The Morgan fingerprint density at radius 3 is 2.69 bits per heavy atom. The van der Waals surface area contributed by atoms with Crippen molar-refractivity contribution in [2.75, 3.05) is 19.7 Å². The molecule has 0 bridgehead atoms. The van der Waals surface area contributed by atoms with Gasteiger partial charge in [0.1, 0.15) is 12.4 Å². The second-order valence-corrected chi connectivity index (χ2v) is 6.20. The van der Waals surface area contributed by atoms with Crippen LogP contribution in [0.3, 0.4) is 0 Å². The average Bonchev–Trinajstić information content (AvgIpc) is 2.67. The van der Waals surface area contributed by atoms with Crippen LogP contribution in [0.4, 0.5) is 4.79 Å². The van der Waals surface area contributed by atoms with Gasteiger partial charge in [-0.05, 0) is 48.4 Å². The number of ether oxygens (including phenoxy) is 1. The molecule has 26 heavy (non-hydrogen) atoms. The summed E-state index contributed by atoms with van der Waals surface area (Å²) in [7, 11) is 0. The molecule has 0 fully saturated rings. The molecule has 0 saturated carbocycles. The van der Waals surface area contributed by atoms with E-state index < -0.39 is 0 Å². The van der Waals surface area contributed by atoms with E-state index in [1.165, 1.54) is 0 Å². The lowest BCUT2D eigenvalue weighted by Crippen LogP contribution is -2.38. The first kappa shape index (κ1) is 18.0. The summed E-state index contributed by atoms with van der Waals surface area (Å²) in [4.78, 5) is 16.0. The zero-order valence-corrected chi connectivity index (χ0v) is 15.0. The highest BCUT2D eigenvalue weighted by atomic mass is 35.5. The molecule has 0 spiro atoms. The maximum atomic E-state index is 11.8. The molecule has 1 heterocycles. The molecule has 0 aliphatic carbocycles. The molecule has 5 nitrogen and oxygen atoms in total. The van der Waals surface area contributed by atoms with Crippen LogP contribution in [0, 0.1) is 0 Å². The molecule has 0 radical (unpaired) electrons. The summed E-state index contributed by atoms with van der Waals surface area (Å²) in [6.45, 7) is 1.39. The number of fused-ring (bicyclic) bond motifs is 1. The van der Waals surface area contributed by atoms with Crippen molar-refractivity contribution in [3.63, 3.8) is 0 Å². The maximum absolute atomic E-state index is 11.8. The Hall–Kier alpha value is -2.79. The Labute approximate surface area is 157 Å². The molecule has 134 valence electrons. The first-order valence-electron chi connectivity index (χ1n) is 8.44. The lowest BCUT2D eigenvalue weighted by Gasteiger charge is -2.09. The highest BCUT2D eigenvalue weighted by molar-refractivity contribution is 6.30. The van der Waals surface area contributed by atoms with E-state index in [0.717, 1.165) is 28.6 Å². The lowest BCUT2D eigenvalue weighted by molar-refractivity contribution is 0.236. The van der Waals surface area contributed by atoms with Crippen LogP contribution in [0.15, 0.2) is 60.8 Å². The molecule has 0 unspecified atom stereocenters. The minimum Gasteiger partial charge on any atom is -0.492 e. The monoisotopic (exact) mass is 369 g/mol. The molecule has 2 N–H and O–H groups in total. The van der Waals surface area contributed by atoms with Crippen molar-refractivity contribution < 1.29 is 9.53 Å². The van der Waals surface area contributed by atoms with Crippen LogP contribution in [0.25, 0.3) is 10.9 Å². The Kier molecular flexibility index (Phi) is 6.28. The second kappa shape index (κ2) is 9.06. The summed E-state index contributed by atoms with van der Waals surface area (Å²) in [5.41, 5.74) is 2.06. The van der Waals surface area contributed by atoms with E-state index in [-0.39, 0.29) is 6.03 Å². The Morgan fingerprint density at radius 2 is 1.85 bits per heavy atom. The van der Waals surface area contributed by atoms with Crippen molar-refractivity contribution in [3.05, 3.63) is 71.4 Å². The number of hydrogen-bond donors (Lipinski definition) is 2. The first-order chi connectivity index (χ1) is 12.7. The fourth-order valence-corrected chi connectivity index (χ4v) is 2.64. The van der Waals surface area contributed by atoms with Crippen molar-refractivity contribution in [2.24, 2.45) is 0 Å². The molecule has 2 amide bonds. The Bertz CT molecular complexity index is 868. The third-order valence-electron chi connectivity index (χ3n) is 3.84. The normalized spacial score (nSPS) is 10.5. The van der Waals surface area contributed by atoms with Crippen LogP contribution in [0.1, 0.15) is 5.56 Å². The first-order valence-corrected chi connectivity index (χ1v) is 8.82. The van der Waals surface area contributed by atoms with Crippen molar-refractivity contribution in [1.82, 2.24) is 15.6 Å². The number of pyridine rings is 1. The predicted octanol–water partition coefficient (Wildman–Crippen LogP) is 3.81. The average molecular weight is 370 g/mol. The zero-order chi connectivity index (χ0) is 18.2. The number of nitrogens with zero attached hydrogens (tertiary/aromatic N) is 1. The smallest absolute Gasteiger partial charge is 0.314 e. The molecule has 0 saturated heterocycles. The van der Waals surface area contributed by atoms with Crippen LogP contribution in [-0.4, -0.2) is 30.7 Å². The SMILES string of the molecule is O=C(NCCOc1ccc2ncccc2c1)NCCc1ccc(Cl)cc1. The van der Waals surface area contributed by atoms with E-state index in [2.05, 4.69) is 15.6 Å². The number of carbonyl (C=O) groups excluding carboxylic acids is 1. The number of hydrogen-bond acceptors (Lipinski definition) is 3. The van der Waals surface area contributed by atoms with Gasteiger partial charge < -0.3 is 15.4 Å². The minimum atomic E-state index is -0.203. The van der Waals surface area contributed by atoms with Crippen molar-refractivity contribution in [3.8, 4) is 5.75 Å². The molecule has 0 atom stereocenters. The number of halogens is 1. The summed E-state index contributed by atoms with van der Waals surface area (Å²) in [6.07, 6.45) is 2.52. The number of benzene rings is 2. The van der Waals surface area contributed by atoms with Crippen LogP contribution < -0.4 is 15.4 Å². The highest BCUT2D eigenvalue weighted by Crippen LogP contribution is 2.18. The maximum Gasteiger partial charge on any atom is 0.314 e. The van der Waals surface area contributed by atoms with Crippen molar-refractivity contribution in [2.45, 2.75) is 6.42 Å². The van der Waals surface area contributed by atoms with E-state index in [1.807, 2.05) is 54.6 Å². The second-order valence-electron chi connectivity index (χ2n) is 5.77. The van der Waals surface area contributed by atoms with Gasteiger partial charge in [-0.2, -0.15) is 0 Å². The van der Waals surface area contributed by atoms with Gasteiger partial charge in [-0.1, -0.05) is 29.8 Å². The third-order valence-corrected chi connectivity index (χ3v) is 4.10. The van der Waals surface area contributed by atoms with Gasteiger partial charge in [0.25, 0.3) is 0 Å². The zero-order valence-electron chi connectivity index (χ0n) is 14.2. The highest BCUT2D eigenvalue weighted by Gasteiger charge is 2.01. The molecule has 2 aromatic carbocycles. The lowest BCUT2D eigenvalue weighted by atomic mass is 10.1. The molecule has 6 heteroatoms. The van der Waals surface area contributed by atoms with E-state index >= 15 is 0 Å². The largest absolute Gasteiger partial charge is 0.492 e. The molecule has 3 rings (SSSR count). The van der Waals surface area contributed by atoms with Crippen LogP contribution in [-0.2, 0) is 6.42 Å². The summed E-state index contributed by atoms with van der Waals surface area (Å²) in [5.74, 6) is 0.760. The van der Waals surface area contributed by atoms with Gasteiger partial charge in [0.2, 0.25) is 0 Å². The molecule has 0 aliphatic rings. The number of urea groups is 1. The van der Waals surface area contributed by atoms with Gasteiger partial charge in [0.15, 0.2) is 0 Å². The number of nitrogens with one attached hydrogen (secondary N) is 2. The summed E-state index contributed by atoms with van der Waals surface area (Å²) in [6, 6.07) is 17.0. The number of aromatic nitrogens is 1. The molecule has 1 aromatic heterocycles. The number of amides is 2. The Balaban J connectivity index is 1.33. The van der Waals surface area contributed by atoms with Crippen LogP contribution in [0.2, 0.25) is 5.02 Å². The van der Waals surface area contributed by atoms with E-state index in [1.54, 1.807) is 6.20 Å². The van der Waals surface area contributed by atoms with E-state index in [4.69, 9.17) is 16.3 Å². The van der Waals surface area contributed by atoms with E-state index in [0.29, 0.717) is 24.7 Å². The predicted molar refractivity (Wildman–Crippen MR) is 104 cm³/mol. The van der Waals surface area contributed by atoms with Gasteiger partial charge >= 0.3 is 6.03 Å². The molecular formula is C20H20ClN3O2. The standard InChI is InChI=1S/C20H20ClN3O2/c21-17-5-3-15(4-6-17)9-11-23-20(25)24-12-13-26-18-7-8-19-16(14-18)2-1-10-22-19/h1-8,10,14H,9,11-13H2,(H2,23,24,25). The summed E-state index contributed by atoms with van der Waals surface area (Å²) >= 11 is 5.85.